The zero-order chi connectivity index (χ0) is 13.5. The van der Waals surface area contributed by atoms with Crippen LogP contribution in [0.4, 0.5) is 5.82 Å². The van der Waals surface area contributed by atoms with Gasteiger partial charge in [0, 0.05) is 29.0 Å². The quantitative estimate of drug-likeness (QED) is 0.591. The largest absolute Gasteiger partial charge is 0.380 e. The summed E-state index contributed by atoms with van der Waals surface area (Å²) >= 11 is 1.63. The summed E-state index contributed by atoms with van der Waals surface area (Å²) in [7, 11) is 0. The lowest BCUT2D eigenvalue weighted by atomic mass is 10.2. The van der Waals surface area contributed by atoms with Crippen LogP contribution < -0.4 is 5.73 Å². The van der Waals surface area contributed by atoms with Gasteiger partial charge in [-0.15, -0.1) is 16.4 Å². The van der Waals surface area contributed by atoms with Crippen molar-refractivity contribution in [3.05, 3.63) is 42.9 Å². The average Bonchev–Trinajstić information content (AvgIpc) is 3.17. The maximum Gasteiger partial charge on any atom is 0.174 e. The van der Waals surface area contributed by atoms with Crippen LogP contribution in [0.3, 0.4) is 0 Å². The number of nitrogen functional groups attached to an aromatic ring is 1. The number of nitrogens with two attached hydrogens (primary N) is 1. The highest BCUT2D eigenvalue weighted by Gasteiger charge is 2.11. The number of fused-ring (bicyclic) bond motifs is 1. The smallest absolute Gasteiger partial charge is 0.174 e. The molecule has 4 heterocycles. The number of pyridine rings is 1. The molecule has 6 nitrogen and oxygen atoms in total. The van der Waals surface area contributed by atoms with Crippen LogP contribution in [0.5, 0.6) is 0 Å². The molecular formula is C13H10N6S. The van der Waals surface area contributed by atoms with Gasteiger partial charge >= 0.3 is 0 Å². The van der Waals surface area contributed by atoms with Gasteiger partial charge in [-0.2, -0.15) is 10.3 Å². The number of hydrogen-bond donors (Lipinski definition) is 2. The first-order valence-corrected chi connectivity index (χ1v) is 6.82. The Morgan fingerprint density at radius 3 is 2.85 bits per heavy atom. The van der Waals surface area contributed by atoms with Crippen molar-refractivity contribution in [1.82, 2.24) is 24.8 Å². The lowest BCUT2D eigenvalue weighted by molar-refractivity contribution is 0.946. The molecule has 0 amide bonds. The fourth-order valence-corrected chi connectivity index (χ4v) is 3.10. The molecule has 0 saturated heterocycles. The molecule has 7 heteroatoms. The monoisotopic (exact) mass is 282 g/mol. The number of H-pyrrole nitrogens is 1. The van der Waals surface area contributed by atoms with E-state index in [0.717, 1.165) is 21.0 Å². The SMILES string of the molecule is Nc1n[nH]nc1-c1ccc(-c2ccc3nccn3c2)s1. The zero-order valence-corrected chi connectivity index (χ0v) is 11.1. The van der Waals surface area contributed by atoms with Gasteiger partial charge in [0.25, 0.3) is 0 Å². The van der Waals surface area contributed by atoms with E-state index in [1.54, 1.807) is 17.5 Å². The first-order valence-electron chi connectivity index (χ1n) is 6.01. The molecule has 0 fully saturated rings. The third kappa shape index (κ3) is 1.68. The Kier molecular flexibility index (Phi) is 2.33. The molecular weight excluding hydrogens is 272 g/mol. The fourth-order valence-electron chi connectivity index (χ4n) is 2.11. The van der Waals surface area contributed by atoms with Gasteiger partial charge < -0.3 is 10.1 Å². The number of thiophene rings is 1. The van der Waals surface area contributed by atoms with Gasteiger partial charge in [0.05, 0.1) is 4.88 Å². The van der Waals surface area contributed by atoms with Gasteiger partial charge in [-0.1, -0.05) is 0 Å². The molecule has 0 saturated carbocycles. The van der Waals surface area contributed by atoms with Crippen LogP contribution >= 0.6 is 11.3 Å². The summed E-state index contributed by atoms with van der Waals surface area (Å²) < 4.78 is 2.00. The Bertz CT molecular complexity index is 887. The molecule has 98 valence electrons. The molecule has 0 aliphatic carbocycles. The minimum atomic E-state index is 0.420. The second-order valence-corrected chi connectivity index (χ2v) is 5.42. The van der Waals surface area contributed by atoms with Crippen LogP contribution in [-0.4, -0.2) is 24.8 Å². The van der Waals surface area contributed by atoms with E-state index < -0.39 is 0 Å². The van der Waals surface area contributed by atoms with E-state index in [1.807, 2.05) is 22.7 Å². The summed E-state index contributed by atoms with van der Waals surface area (Å²) in [4.78, 5) is 6.39. The van der Waals surface area contributed by atoms with Crippen molar-refractivity contribution >= 4 is 22.8 Å². The van der Waals surface area contributed by atoms with Crippen LogP contribution in [0.25, 0.3) is 26.7 Å². The molecule has 0 aliphatic rings. The summed E-state index contributed by atoms with van der Waals surface area (Å²) in [6, 6.07) is 8.13. The number of nitrogens with one attached hydrogen (secondary N) is 1. The van der Waals surface area contributed by atoms with Crippen LogP contribution in [0.2, 0.25) is 0 Å². The molecule has 0 atom stereocenters. The van der Waals surface area contributed by atoms with Crippen molar-refractivity contribution in [3.63, 3.8) is 0 Å². The number of imidazole rings is 1. The molecule has 20 heavy (non-hydrogen) atoms. The number of aromatic amines is 1. The maximum absolute atomic E-state index is 5.77. The van der Waals surface area contributed by atoms with Crippen LogP contribution in [0.1, 0.15) is 0 Å². The highest BCUT2D eigenvalue weighted by molar-refractivity contribution is 7.18. The van der Waals surface area contributed by atoms with Gasteiger partial charge in [-0.05, 0) is 24.3 Å². The molecule has 4 aromatic heterocycles. The Balaban J connectivity index is 1.79. The summed E-state index contributed by atoms with van der Waals surface area (Å²) in [6.45, 7) is 0. The van der Waals surface area contributed by atoms with E-state index in [2.05, 4.69) is 38.7 Å². The average molecular weight is 282 g/mol. The molecule has 0 aliphatic heterocycles. The number of rotatable bonds is 2. The molecule has 0 aromatic carbocycles. The highest BCUT2D eigenvalue weighted by atomic mass is 32.1. The van der Waals surface area contributed by atoms with Gasteiger partial charge in [-0.3, -0.25) is 0 Å². The summed E-state index contributed by atoms with van der Waals surface area (Å²) in [5, 5.41) is 10.4. The zero-order valence-electron chi connectivity index (χ0n) is 10.3. The minimum absolute atomic E-state index is 0.420. The molecule has 0 unspecified atom stereocenters. The topological polar surface area (TPSA) is 84.9 Å². The number of nitrogens with zero attached hydrogens (tertiary/aromatic N) is 4. The predicted octanol–water partition coefficient (Wildman–Crippen LogP) is 2.43. The third-order valence-electron chi connectivity index (χ3n) is 3.09. The molecule has 0 radical (unpaired) electrons. The van der Waals surface area contributed by atoms with E-state index in [1.165, 1.54) is 0 Å². The van der Waals surface area contributed by atoms with Crippen LogP contribution in [-0.2, 0) is 0 Å². The summed E-state index contributed by atoms with van der Waals surface area (Å²) in [5.74, 6) is 0.420. The molecule has 4 aromatic rings. The maximum atomic E-state index is 5.77. The van der Waals surface area contributed by atoms with Crippen molar-refractivity contribution in [1.29, 1.82) is 0 Å². The second kappa shape index (κ2) is 4.17. The van der Waals surface area contributed by atoms with E-state index in [4.69, 9.17) is 5.73 Å². The van der Waals surface area contributed by atoms with Gasteiger partial charge in [0.15, 0.2) is 5.82 Å². The second-order valence-electron chi connectivity index (χ2n) is 4.33. The van der Waals surface area contributed by atoms with Gasteiger partial charge in [-0.25, -0.2) is 4.98 Å². The van der Waals surface area contributed by atoms with Crippen LogP contribution in [0, 0.1) is 0 Å². The molecule has 4 rings (SSSR count). The fraction of sp³-hybridized carbons (Fsp3) is 0. The highest BCUT2D eigenvalue weighted by Crippen LogP contribution is 2.35. The first-order chi connectivity index (χ1) is 9.81. The van der Waals surface area contributed by atoms with Crippen molar-refractivity contribution in [2.24, 2.45) is 0 Å². The van der Waals surface area contributed by atoms with Gasteiger partial charge in [0.2, 0.25) is 0 Å². The van der Waals surface area contributed by atoms with Crippen molar-refractivity contribution in [2.75, 3.05) is 5.73 Å². The lowest BCUT2D eigenvalue weighted by Crippen LogP contribution is -1.86. The van der Waals surface area contributed by atoms with E-state index in [-0.39, 0.29) is 0 Å². The number of aromatic nitrogens is 5. The summed E-state index contributed by atoms with van der Waals surface area (Å²) in [6.07, 6.45) is 5.78. The third-order valence-corrected chi connectivity index (χ3v) is 4.23. The van der Waals surface area contributed by atoms with Crippen molar-refractivity contribution < 1.29 is 0 Å². The predicted molar refractivity (Wildman–Crippen MR) is 78.3 cm³/mol. The normalized spacial score (nSPS) is 11.2. The molecule has 0 bridgehead atoms. The van der Waals surface area contributed by atoms with E-state index in [9.17, 15) is 0 Å². The number of hydrogen-bond acceptors (Lipinski definition) is 5. The van der Waals surface area contributed by atoms with Crippen LogP contribution in [0.15, 0.2) is 42.9 Å². The number of anilines is 1. The van der Waals surface area contributed by atoms with E-state index in [0.29, 0.717) is 11.5 Å². The Morgan fingerprint density at radius 1 is 1.10 bits per heavy atom. The minimum Gasteiger partial charge on any atom is -0.380 e. The van der Waals surface area contributed by atoms with Crippen molar-refractivity contribution in [3.8, 4) is 21.0 Å². The Hall–Kier alpha value is -2.67. The van der Waals surface area contributed by atoms with E-state index >= 15 is 0 Å². The van der Waals surface area contributed by atoms with Gasteiger partial charge in [0.1, 0.15) is 11.3 Å². The first kappa shape index (κ1) is 11.2. The molecule has 0 spiro atoms. The lowest BCUT2D eigenvalue weighted by Gasteiger charge is -1.99. The summed E-state index contributed by atoms with van der Waals surface area (Å²) in [5.41, 5.74) is 8.54. The van der Waals surface area contributed by atoms with Crippen molar-refractivity contribution in [2.45, 2.75) is 0 Å². The standard InChI is InChI=1S/C13H10N6S/c14-13-12(16-18-17-13)10-3-2-9(20-10)8-1-4-11-15-5-6-19(11)7-8/h1-7H,(H3,14,16,17,18). The molecule has 3 N–H and O–H groups in total. The Morgan fingerprint density at radius 2 is 2.00 bits per heavy atom. The Labute approximate surface area is 117 Å².